The number of fused-ring (bicyclic) bond motifs is 1. The van der Waals surface area contributed by atoms with E-state index in [1.54, 1.807) is 35.2 Å². The number of aromatic nitrogens is 2. The SMILES string of the molecule is COc1ccc(N2C(=O)N(C3CC[C@@H](O)C3)c3nc(Nc4ccc(F)cc4)ncc3[C@@H]2C)cc1. The molecule has 1 aromatic heterocycles. The fourth-order valence-electron chi connectivity index (χ4n) is 4.68. The zero-order valence-electron chi connectivity index (χ0n) is 19.0. The molecule has 1 unspecified atom stereocenters. The minimum absolute atomic E-state index is 0.178. The van der Waals surface area contributed by atoms with E-state index in [1.807, 2.05) is 31.2 Å². The summed E-state index contributed by atoms with van der Waals surface area (Å²) in [6.45, 7) is 1.94. The van der Waals surface area contributed by atoms with Gasteiger partial charge in [-0.15, -0.1) is 0 Å². The molecule has 8 nitrogen and oxygen atoms in total. The fourth-order valence-corrected chi connectivity index (χ4v) is 4.68. The summed E-state index contributed by atoms with van der Waals surface area (Å²) in [6, 6.07) is 12.6. The highest BCUT2D eigenvalue weighted by molar-refractivity contribution is 6.06. The Labute approximate surface area is 197 Å². The molecule has 1 aliphatic carbocycles. The van der Waals surface area contributed by atoms with Gasteiger partial charge in [0, 0.05) is 29.2 Å². The van der Waals surface area contributed by atoms with Crippen LogP contribution in [0, 0.1) is 5.82 Å². The number of hydrogen-bond donors (Lipinski definition) is 2. The second-order valence-electron chi connectivity index (χ2n) is 8.62. The Balaban J connectivity index is 1.54. The van der Waals surface area contributed by atoms with Gasteiger partial charge in [-0.3, -0.25) is 9.80 Å². The molecule has 5 rings (SSSR count). The van der Waals surface area contributed by atoms with Crippen LogP contribution in [0.25, 0.3) is 0 Å². The van der Waals surface area contributed by atoms with Gasteiger partial charge in [-0.05, 0) is 74.7 Å². The normalized spacial score (nSPS) is 22.0. The van der Waals surface area contributed by atoms with E-state index >= 15 is 0 Å². The van der Waals surface area contributed by atoms with Crippen molar-refractivity contribution < 1.29 is 19.0 Å². The molecule has 3 aromatic rings. The van der Waals surface area contributed by atoms with Crippen molar-refractivity contribution >= 4 is 29.2 Å². The summed E-state index contributed by atoms with van der Waals surface area (Å²) in [5, 5.41) is 13.3. The van der Waals surface area contributed by atoms with Crippen LogP contribution in [0.15, 0.2) is 54.7 Å². The van der Waals surface area contributed by atoms with E-state index in [4.69, 9.17) is 9.72 Å². The summed E-state index contributed by atoms with van der Waals surface area (Å²) in [5.74, 6) is 1.21. The molecule has 1 fully saturated rings. The molecular formula is C25H26FN5O3. The van der Waals surface area contributed by atoms with Gasteiger partial charge in [0.15, 0.2) is 0 Å². The summed E-state index contributed by atoms with van der Waals surface area (Å²) < 4.78 is 18.5. The second-order valence-corrected chi connectivity index (χ2v) is 8.62. The average Bonchev–Trinajstić information content (AvgIpc) is 3.26. The first-order valence-corrected chi connectivity index (χ1v) is 11.3. The van der Waals surface area contributed by atoms with Crippen LogP contribution in [-0.2, 0) is 0 Å². The van der Waals surface area contributed by atoms with Gasteiger partial charge in [0.2, 0.25) is 5.95 Å². The molecule has 2 heterocycles. The number of nitrogens with one attached hydrogen (secondary N) is 1. The summed E-state index contributed by atoms with van der Waals surface area (Å²) in [7, 11) is 1.60. The minimum atomic E-state index is -0.450. The monoisotopic (exact) mass is 463 g/mol. The highest BCUT2D eigenvalue weighted by atomic mass is 19.1. The number of hydrogen-bond acceptors (Lipinski definition) is 6. The van der Waals surface area contributed by atoms with Crippen LogP contribution in [0.5, 0.6) is 5.75 Å². The third kappa shape index (κ3) is 4.03. The molecule has 3 atom stereocenters. The van der Waals surface area contributed by atoms with Crippen molar-refractivity contribution in [2.75, 3.05) is 22.2 Å². The Hall–Kier alpha value is -3.72. The zero-order chi connectivity index (χ0) is 23.8. The Kier molecular flexibility index (Phi) is 5.79. The zero-order valence-corrected chi connectivity index (χ0v) is 19.0. The van der Waals surface area contributed by atoms with Crippen molar-refractivity contribution in [3.8, 4) is 5.75 Å². The molecule has 2 aliphatic rings. The number of rotatable bonds is 5. The summed E-state index contributed by atoms with van der Waals surface area (Å²) in [6.07, 6.45) is 3.07. The number of benzene rings is 2. The Bertz CT molecular complexity index is 1190. The number of halogens is 1. The van der Waals surface area contributed by atoms with Gasteiger partial charge in [-0.2, -0.15) is 4.98 Å². The number of carbonyl (C=O) groups excluding carboxylic acids is 1. The maximum absolute atomic E-state index is 13.9. The van der Waals surface area contributed by atoms with Crippen LogP contribution in [0.2, 0.25) is 0 Å². The van der Waals surface area contributed by atoms with Gasteiger partial charge in [0.1, 0.15) is 17.4 Å². The van der Waals surface area contributed by atoms with Gasteiger partial charge >= 0.3 is 6.03 Å². The number of aliphatic hydroxyl groups excluding tert-OH is 1. The first-order valence-electron chi connectivity index (χ1n) is 11.3. The quantitative estimate of drug-likeness (QED) is 0.566. The smallest absolute Gasteiger partial charge is 0.330 e. The highest BCUT2D eigenvalue weighted by Gasteiger charge is 2.43. The van der Waals surface area contributed by atoms with Gasteiger partial charge in [0.05, 0.1) is 19.3 Å². The van der Waals surface area contributed by atoms with Crippen molar-refractivity contribution in [1.29, 1.82) is 0 Å². The number of methoxy groups -OCH3 is 1. The molecule has 0 saturated heterocycles. The van der Waals surface area contributed by atoms with Crippen LogP contribution in [-0.4, -0.2) is 40.4 Å². The molecule has 0 bridgehead atoms. The van der Waals surface area contributed by atoms with Crippen LogP contribution in [0.4, 0.5) is 32.3 Å². The topological polar surface area (TPSA) is 90.8 Å². The van der Waals surface area contributed by atoms with E-state index in [2.05, 4.69) is 10.3 Å². The van der Waals surface area contributed by atoms with Crippen LogP contribution in [0.3, 0.4) is 0 Å². The lowest BCUT2D eigenvalue weighted by atomic mass is 10.0. The largest absolute Gasteiger partial charge is 0.497 e. The summed E-state index contributed by atoms with van der Waals surface area (Å²) in [5.41, 5.74) is 2.18. The summed E-state index contributed by atoms with van der Waals surface area (Å²) >= 11 is 0. The minimum Gasteiger partial charge on any atom is -0.497 e. The molecule has 0 spiro atoms. The molecule has 0 radical (unpaired) electrons. The van der Waals surface area contributed by atoms with Gasteiger partial charge in [-0.25, -0.2) is 14.2 Å². The van der Waals surface area contributed by atoms with Crippen molar-refractivity contribution in [3.05, 3.63) is 66.1 Å². The van der Waals surface area contributed by atoms with E-state index in [9.17, 15) is 14.3 Å². The number of anilines is 4. The lowest BCUT2D eigenvalue weighted by Crippen LogP contribution is -2.53. The molecule has 1 aliphatic heterocycles. The second kappa shape index (κ2) is 8.90. The predicted molar refractivity (Wildman–Crippen MR) is 127 cm³/mol. The average molecular weight is 464 g/mol. The lowest BCUT2D eigenvalue weighted by molar-refractivity contribution is 0.181. The third-order valence-corrected chi connectivity index (χ3v) is 6.47. The van der Waals surface area contributed by atoms with Gasteiger partial charge < -0.3 is 15.2 Å². The van der Waals surface area contributed by atoms with Crippen molar-refractivity contribution in [2.24, 2.45) is 0 Å². The third-order valence-electron chi connectivity index (χ3n) is 6.47. The predicted octanol–water partition coefficient (Wildman–Crippen LogP) is 4.79. The lowest BCUT2D eigenvalue weighted by Gasteiger charge is -2.42. The molecule has 2 aromatic carbocycles. The van der Waals surface area contributed by atoms with Crippen molar-refractivity contribution in [3.63, 3.8) is 0 Å². The Morgan fingerprint density at radius 3 is 2.47 bits per heavy atom. The van der Waals surface area contributed by atoms with E-state index in [-0.39, 0.29) is 23.9 Å². The number of carbonyl (C=O) groups is 1. The number of nitrogens with zero attached hydrogens (tertiary/aromatic N) is 4. The maximum atomic E-state index is 13.9. The van der Waals surface area contributed by atoms with Gasteiger partial charge in [-0.1, -0.05) is 0 Å². The van der Waals surface area contributed by atoms with Crippen molar-refractivity contribution in [2.45, 2.75) is 44.4 Å². The molecule has 34 heavy (non-hydrogen) atoms. The standard InChI is InChI=1S/C25H26FN5O3/c1-15-22-14-27-24(28-17-5-3-16(26)4-6-17)29-23(22)31(19-7-10-20(32)13-19)25(33)30(15)18-8-11-21(34-2)12-9-18/h3-6,8-9,11-12,14-15,19-20,32H,7,10,13H2,1-2H3,(H,27,28,29)/t15-,19?,20+/m0/s1. The van der Waals surface area contributed by atoms with Crippen LogP contribution in [0.1, 0.15) is 37.8 Å². The number of urea groups is 1. The van der Waals surface area contributed by atoms with Crippen LogP contribution >= 0.6 is 0 Å². The first kappa shape index (κ1) is 22.1. The molecule has 2 amide bonds. The van der Waals surface area contributed by atoms with Gasteiger partial charge in [0.25, 0.3) is 0 Å². The Morgan fingerprint density at radius 1 is 1.09 bits per heavy atom. The number of ether oxygens (including phenoxy) is 1. The maximum Gasteiger partial charge on any atom is 0.330 e. The molecular weight excluding hydrogens is 437 g/mol. The van der Waals surface area contributed by atoms with E-state index < -0.39 is 6.10 Å². The summed E-state index contributed by atoms with van der Waals surface area (Å²) in [4.78, 5) is 26.4. The fraction of sp³-hybridized carbons (Fsp3) is 0.320. The van der Waals surface area contributed by atoms with E-state index in [1.165, 1.54) is 12.1 Å². The first-order chi connectivity index (χ1) is 16.4. The van der Waals surface area contributed by atoms with Crippen LogP contribution < -0.4 is 19.9 Å². The van der Waals surface area contributed by atoms with E-state index in [0.717, 1.165) is 11.3 Å². The molecule has 176 valence electrons. The number of aliphatic hydroxyl groups is 1. The highest BCUT2D eigenvalue weighted by Crippen LogP contribution is 2.42. The molecule has 2 N–H and O–H groups in total. The number of amides is 2. The molecule has 1 saturated carbocycles. The van der Waals surface area contributed by atoms with Crippen molar-refractivity contribution in [1.82, 2.24) is 9.97 Å². The van der Waals surface area contributed by atoms with E-state index in [0.29, 0.717) is 42.5 Å². The Morgan fingerprint density at radius 2 is 1.82 bits per heavy atom. The molecule has 9 heteroatoms.